The number of hydrazine groups is 1. The minimum Gasteiger partial charge on any atom is -0.312 e. The quantitative estimate of drug-likeness (QED) is 0.711. The van der Waals surface area contributed by atoms with E-state index < -0.39 is 10.0 Å². The summed E-state index contributed by atoms with van der Waals surface area (Å²) in [6, 6.07) is 7.94. The smallest absolute Gasteiger partial charge is 0.242 e. The summed E-state index contributed by atoms with van der Waals surface area (Å²) in [7, 11) is -0.301. The summed E-state index contributed by atoms with van der Waals surface area (Å²) in [4.78, 5) is 0.372. The van der Waals surface area contributed by atoms with Crippen molar-refractivity contribution in [3.05, 3.63) is 29.8 Å². The van der Waals surface area contributed by atoms with E-state index >= 15 is 0 Å². The van der Waals surface area contributed by atoms with Crippen LogP contribution in [0.1, 0.15) is 19.4 Å². The molecule has 2 rings (SSSR count). The first-order valence-corrected chi connectivity index (χ1v) is 9.00. The first-order chi connectivity index (χ1) is 10.3. The highest BCUT2D eigenvalue weighted by molar-refractivity contribution is 7.89. The number of nitrogens with one attached hydrogen (secondary N) is 3. The summed E-state index contributed by atoms with van der Waals surface area (Å²) in [5.41, 5.74) is 7.25. The molecular formula is C15H26N4O2S. The van der Waals surface area contributed by atoms with E-state index in [1.165, 1.54) is 4.31 Å². The number of rotatable bonds is 6. The molecule has 1 aromatic carbocycles. The van der Waals surface area contributed by atoms with Crippen LogP contribution in [0.2, 0.25) is 0 Å². The van der Waals surface area contributed by atoms with Gasteiger partial charge in [0.25, 0.3) is 0 Å². The van der Waals surface area contributed by atoms with E-state index in [0.717, 1.165) is 12.1 Å². The van der Waals surface area contributed by atoms with Gasteiger partial charge in [0.1, 0.15) is 0 Å². The van der Waals surface area contributed by atoms with E-state index in [1.807, 2.05) is 12.1 Å². The summed E-state index contributed by atoms with van der Waals surface area (Å²) in [6.45, 7) is 5.67. The predicted molar refractivity (Wildman–Crippen MR) is 87.7 cm³/mol. The predicted octanol–water partition coefficient (Wildman–Crippen LogP) is 0.528. The standard InChI is InChI=1S/C15H26N4O2S/c1-11-14(12(2)18-17-11)10-16-9-13-7-5-6-8-15(13)22(20,21)19(3)4/h5-8,11-12,14,16-18H,9-10H2,1-4H3. The monoisotopic (exact) mass is 326 g/mol. The van der Waals surface area contributed by atoms with Crippen LogP contribution in [-0.4, -0.2) is 45.4 Å². The zero-order valence-electron chi connectivity index (χ0n) is 13.6. The Morgan fingerprint density at radius 2 is 1.73 bits per heavy atom. The van der Waals surface area contributed by atoms with Gasteiger partial charge in [-0.2, -0.15) is 0 Å². The average molecular weight is 326 g/mol. The van der Waals surface area contributed by atoms with E-state index in [0.29, 0.717) is 29.4 Å². The minimum absolute atomic E-state index is 0.372. The maximum Gasteiger partial charge on any atom is 0.242 e. The molecule has 0 spiro atoms. The van der Waals surface area contributed by atoms with E-state index in [9.17, 15) is 8.42 Å². The van der Waals surface area contributed by atoms with Gasteiger partial charge in [-0.05, 0) is 25.5 Å². The van der Waals surface area contributed by atoms with Crippen LogP contribution in [0, 0.1) is 5.92 Å². The van der Waals surface area contributed by atoms with Gasteiger partial charge in [-0.3, -0.25) is 10.9 Å². The lowest BCUT2D eigenvalue weighted by Gasteiger charge is -2.19. The van der Waals surface area contributed by atoms with Crippen LogP contribution >= 0.6 is 0 Å². The highest BCUT2D eigenvalue weighted by atomic mass is 32.2. The van der Waals surface area contributed by atoms with Gasteiger partial charge in [0.05, 0.1) is 4.90 Å². The molecule has 0 amide bonds. The fourth-order valence-corrected chi connectivity index (χ4v) is 3.85. The van der Waals surface area contributed by atoms with Crippen LogP contribution < -0.4 is 16.2 Å². The summed E-state index contributed by atoms with van der Waals surface area (Å²) < 4.78 is 26.0. The molecule has 0 saturated carbocycles. The molecule has 0 aliphatic carbocycles. The van der Waals surface area contributed by atoms with E-state index in [-0.39, 0.29) is 0 Å². The molecular weight excluding hydrogens is 300 g/mol. The molecule has 6 nitrogen and oxygen atoms in total. The molecule has 124 valence electrons. The van der Waals surface area contributed by atoms with Gasteiger partial charge in [-0.15, -0.1) is 0 Å². The maximum absolute atomic E-state index is 12.4. The summed E-state index contributed by atoms with van der Waals surface area (Å²) >= 11 is 0. The molecule has 2 unspecified atom stereocenters. The van der Waals surface area contributed by atoms with Gasteiger partial charge in [-0.25, -0.2) is 12.7 Å². The third kappa shape index (κ3) is 3.67. The second-order valence-electron chi connectivity index (χ2n) is 6.06. The van der Waals surface area contributed by atoms with Crippen molar-refractivity contribution < 1.29 is 8.42 Å². The lowest BCUT2D eigenvalue weighted by molar-refractivity contribution is 0.411. The van der Waals surface area contributed by atoms with Gasteiger partial charge >= 0.3 is 0 Å². The first kappa shape index (κ1) is 17.4. The van der Waals surface area contributed by atoms with E-state index in [2.05, 4.69) is 30.0 Å². The van der Waals surface area contributed by atoms with Crippen molar-refractivity contribution in [1.29, 1.82) is 0 Å². The molecule has 2 atom stereocenters. The number of sulfonamides is 1. The number of hydrogen-bond acceptors (Lipinski definition) is 5. The Bertz CT molecular complexity index is 593. The second kappa shape index (κ2) is 7.06. The SMILES string of the molecule is CC1NNC(C)C1CNCc1ccccc1S(=O)(=O)N(C)C. The van der Waals surface area contributed by atoms with Crippen LogP contribution in [0.4, 0.5) is 0 Å². The topological polar surface area (TPSA) is 73.5 Å². The summed E-state index contributed by atoms with van der Waals surface area (Å²) in [5, 5.41) is 3.39. The van der Waals surface area contributed by atoms with Crippen LogP contribution in [0.5, 0.6) is 0 Å². The molecule has 1 heterocycles. The highest BCUT2D eigenvalue weighted by Crippen LogP contribution is 2.19. The molecule has 1 aliphatic rings. The Balaban J connectivity index is 2.05. The third-order valence-corrected chi connectivity index (χ3v) is 6.17. The largest absolute Gasteiger partial charge is 0.312 e. The van der Waals surface area contributed by atoms with Gasteiger partial charge in [-0.1, -0.05) is 18.2 Å². The van der Waals surface area contributed by atoms with Crippen LogP contribution in [0.3, 0.4) is 0 Å². The molecule has 1 aliphatic heterocycles. The summed E-state index contributed by atoms with van der Waals surface area (Å²) in [6.07, 6.45) is 0. The lowest BCUT2D eigenvalue weighted by atomic mass is 9.97. The van der Waals surface area contributed by atoms with Crippen LogP contribution in [-0.2, 0) is 16.6 Å². The fourth-order valence-electron chi connectivity index (χ4n) is 2.74. The van der Waals surface area contributed by atoms with Crippen molar-refractivity contribution in [2.75, 3.05) is 20.6 Å². The Morgan fingerprint density at radius 3 is 2.32 bits per heavy atom. The third-order valence-electron chi connectivity index (χ3n) is 4.25. The molecule has 1 saturated heterocycles. The van der Waals surface area contributed by atoms with E-state index in [1.54, 1.807) is 26.2 Å². The lowest BCUT2D eigenvalue weighted by Crippen LogP contribution is -2.34. The van der Waals surface area contributed by atoms with Crippen LogP contribution in [0.15, 0.2) is 29.2 Å². The van der Waals surface area contributed by atoms with Gasteiger partial charge in [0, 0.05) is 45.2 Å². The Labute approximate surface area is 133 Å². The van der Waals surface area contributed by atoms with Crippen molar-refractivity contribution in [3.63, 3.8) is 0 Å². The second-order valence-corrected chi connectivity index (χ2v) is 8.18. The molecule has 7 heteroatoms. The minimum atomic E-state index is -3.41. The molecule has 0 bridgehead atoms. The molecule has 1 fully saturated rings. The Hall–Kier alpha value is -0.990. The summed E-state index contributed by atoms with van der Waals surface area (Å²) in [5.74, 6) is 0.470. The van der Waals surface area contributed by atoms with Crippen LogP contribution in [0.25, 0.3) is 0 Å². The van der Waals surface area contributed by atoms with Crippen molar-refractivity contribution in [2.45, 2.75) is 37.4 Å². The molecule has 0 aromatic heterocycles. The maximum atomic E-state index is 12.4. The Morgan fingerprint density at radius 1 is 1.14 bits per heavy atom. The normalized spacial score (nSPS) is 25.8. The highest BCUT2D eigenvalue weighted by Gasteiger charge is 2.29. The number of benzene rings is 1. The van der Waals surface area contributed by atoms with Crippen molar-refractivity contribution in [3.8, 4) is 0 Å². The van der Waals surface area contributed by atoms with Crippen molar-refractivity contribution >= 4 is 10.0 Å². The van der Waals surface area contributed by atoms with Gasteiger partial charge in [0.15, 0.2) is 0 Å². The number of nitrogens with zero attached hydrogens (tertiary/aromatic N) is 1. The molecule has 0 radical (unpaired) electrons. The number of hydrogen-bond donors (Lipinski definition) is 3. The zero-order valence-corrected chi connectivity index (χ0v) is 14.4. The Kier molecular flexibility index (Phi) is 5.57. The van der Waals surface area contributed by atoms with Crippen molar-refractivity contribution in [1.82, 2.24) is 20.5 Å². The zero-order chi connectivity index (χ0) is 16.3. The molecule has 1 aromatic rings. The molecule has 22 heavy (non-hydrogen) atoms. The van der Waals surface area contributed by atoms with Gasteiger partial charge < -0.3 is 5.32 Å². The first-order valence-electron chi connectivity index (χ1n) is 7.56. The molecule has 3 N–H and O–H groups in total. The van der Waals surface area contributed by atoms with Gasteiger partial charge in [0.2, 0.25) is 10.0 Å². The fraction of sp³-hybridized carbons (Fsp3) is 0.600. The average Bonchev–Trinajstić information content (AvgIpc) is 2.79. The van der Waals surface area contributed by atoms with E-state index in [4.69, 9.17) is 0 Å². The van der Waals surface area contributed by atoms with Crippen molar-refractivity contribution in [2.24, 2.45) is 5.92 Å².